The molecule has 186 valence electrons. The standard InChI is InChI=1S/C26H32N4O4S/c1-3-18-8-11-20(12-9-18)27-26(32)30-35(33,34)21-6-4-5-19(16-21)10-14-24-28-23-15-17(2)7-13-22(23)25(31)29-24/h4-7,13,15-16,18,20H,3,8-12,14H2,1-2H3,(H2,27,30,32)(H,28,29,31). The summed E-state index contributed by atoms with van der Waals surface area (Å²) in [6, 6.07) is 11.3. The van der Waals surface area contributed by atoms with Gasteiger partial charge < -0.3 is 10.3 Å². The number of nitrogens with one attached hydrogen (secondary N) is 3. The van der Waals surface area contributed by atoms with Crippen LogP contribution in [0, 0.1) is 12.8 Å². The number of aryl methyl sites for hydroxylation is 3. The number of amides is 2. The number of fused-ring (bicyclic) bond motifs is 1. The average Bonchev–Trinajstić information content (AvgIpc) is 2.83. The third kappa shape index (κ3) is 6.28. The maximum atomic E-state index is 12.8. The first-order valence-electron chi connectivity index (χ1n) is 12.2. The monoisotopic (exact) mass is 496 g/mol. The van der Waals surface area contributed by atoms with E-state index in [2.05, 4.69) is 26.9 Å². The lowest BCUT2D eigenvalue weighted by molar-refractivity contribution is 0.231. The minimum atomic E-state index is -4.01. The minimum absolute atomic E-state index is 0.000249. The van der Waals surface area contributed by atoms with Crippen LogP contribution in [0.2, 0.25) is 0 Å². The molecular formula is C26H32N4O4S. The summed E-state index contributed by atoms with van der Waals surface area (Å²) in [5.74, 6) is 1.23. The van der Waals surface area contributed by atoms with Crippen LogP contribution in [0.25, 0.3) is 10.9 Å². The Labute approximate surface area is 205 Å². The van der Waals surface area contributed by atoms with Crippen LogP contribution in [-0.2, 0) is 22.9 Å². The Hall–Kier alpha value is -3.20. The molecule has 1 aliphatic carbocycles. The van der Waals surface area contributed by atoms with E-state index in [-0.39, 0.29) is 16.5 Å². The molecule has 1 aromatic heterocycles. The van der Waals surface area contributed by atoms with E-state index in [1.807, 2.05) is 25.1 Å². The molecule has 1 heterocycles. The van der Waals surface area contributed by atoms with Gasteiger partial charge in [0.05, 0.1) is 15.8 Å². The summed E-state index contributed by atoms with van der Waals surface area (Å²) in [5, 5.41) is 3.34. The Morgan fingerprint density at radius 2 is 1.86 bits per heavy atom. The number of carbonyl (C=O) groups is 1. The number of aromatic nitrogens is 2. The van der Waals surface area contributed by atoms with Gasteiger partial charge in [-0.25, -0.2) is 22.9 Å². The van der Waals surface area contributed by atoms with Gasteiger partial charge in [0, 0.05) is 12.5 Å². The third-order valence-electron chi connectivity index (χ3n) is 6.76. The van der Waals surface area contributed by atoms with Gasteiger partial charge in [0.25, 0.3) is 15.6 Å². The van der Waals surface area contributed by atoms with Gasteiger partial charge in [-0.2, -0.15) is 0 Å². The van der Waals surface area contributed by atoms with Gasteiger partial charge in [0.1, 0.15) is 5.82 Å². The number of hydrogen-bond acceptors (Lipinski definition) is 5. The van der Waals surface area contributed by atoms with E-state index < -0.39 is 16.1 Å². The van der Waals surface area contributed by atoms with Gasteiger partial charge in [-0.15, -0.1) is 0 Å². The van der Waals surface area contributed by atoms with Crippen molar-refractivity contribution >= 4 is 27.0 Å². The zero-order chi connectivity index (χ0) is 25.0. The molecule has 2 amide bonds. The van der Waals surface area contributed by atoms with E-state index in [1.165, 1.54) is 6.07 Å². The second-order valence-corrected chi connectivity index (χ2v) is 11.1. The van der Waals surface area contributed by atoms with Crippen molar-refractivity contribution in [3.05, 3.63) is 69.8 Å². The lowest BCUT2D eigenvalue weighted by atomic mass is 9.85. The highest BCUT2D eigenvalue weighted by Crippen LogP contribution is 2.26. The molecule has 0 spiro atoms. The van der Waals surface area contributed by atoms with E-state index in [1.54, 1.807) is 18.2 Å². The van der Waals surface area contributed by atoms with Gasteiger partial charge in [-0.1, -0.05) is 31.5 Å². The average molecular weight is 497 g/mol. The van der Waals surface area contributed by atoms with Gasteiger partial charge in [0.2, 0.25) is 0 Å². The topological polar surface area (TPSA) is 121 Å². The largest absolute Gasteiger partial charge is 0.335 e. The summed E-state index contributed by atoms with van der Waals surface area (Å²) in [6.07, 6.45) is 5.89. The van der Waals surface area contributed by atoms with Crippen molar-refractivity contribution in [3.63, 3.8) is 0 Å². The number of rotatable bonds is 7. The fourth-order valence-electron chi connectivity index (χ4n) is 4.66. The molecular weight excluding hydrogens is 464 g/mol. The predicted octanol–water partition coefficient (Wildman–Crippen LogP) is 3.97. The lowest BCUT2D eigenvalue weighted by Crippen LogP contribution is -2.45. The normalized spacial score (nSPS) is 18.3. The van der Waals surface area contributed by atoms with Crippen LogP contribution in [-0.4, -0.2) is 30.5 Å². The summed E-state index contributed by atoms with van der Waals surface area (Å²) in [4.78, 5) is 32.1. The van der Waals surface area contributed by atoms with E-state index in [0.29, 0.717) is 35.5 Å². The molecule has 8 nitrogen and oxygen atoms in total. The quantitative estimate of drug-likeness (QED) is 0.457. The fourth-order valence-corrected chi connectivity index (χ4v) is 5.64. The molecule has 1 aliphatic rings. The molecule has 9 heteroatoms. The van der Waals surface area contributed by atoms with E-state index in [4.69, 9.17) is 0 Å². The highest BCUT2D eigenvalue weighted by Gasteiger charge is 2.24. The summed E-state index contributed by atoms with van der Waals surface area (Å²) < 4.78 is 27.7. The molecule has 0 aliphatic heterocycles. The maximum Gasteiger partial charge on any atom is 0.328 e. The zero-order valence-electron chi connectivity index (χ0n) is 20.1. The van der Waals surface area contributed by atoms with Crippen LogP contribution in [0.1, 0.15) is 56.0 Å². The molecule has 0 atom stereocenters. The minimum Gasteiger partial charge on any atom is -0.335 e. The van der Waals surface area contributed by atoms with Crippen LogP contribution in [0.3, 0.4) is 0 Å². The van der Waals surface area contributed by atoms with E-state index in [0.717, 1.165) is 43.2 Å². The van der Waals surface area contributed by atoms with Crippen LogP contribution in [0.4, 0.5) is 4.79 Å². The Morgan fingerprint density at radius 1 is 1.09 bits per heavy atom. The Morgan fingerprint density at radius 3 is 2.60 bits per heavy atom. The van der Waals surface area contributed by atoms with Crippen molar-refractivity contribution < 1.29 is 13.2 Å². The highest BCUT2D eigenvalue weighted by molar-refractivity contribution is 7.90. The number of nitrogens with zero attached hydrogens (tertiary/aromatic N) is 1. The van der Waals surface area contributed by atoms with Crippen molar-refractivity contribution in [3.8, 4) is 0 Å². The van der Waals surface area contributed by atoms with Gasteiger partial charge in [-0.05, 0) is 80.3 Å². The van der Waals surface area contributed by atoms with Crippen LogP contribution in [0.5, 0.6) is 0 Å². The number of hydrogen-bond donors (Lipinski definition) is 3. The smallest absolute Gasteiger partial charge is 0.328 e. The molecule has 0 unspecified atom stereocenters. The third-order valence-corrected chi connectivity index (χ3v) is 8.09. The molecule has 0 radical (unpaired) electrons. The SMILES string of the molecule is CCC1CCC(NC(=O)NS(=O)(=O)c2cccc(CCc3nc4cc(C)ccc4c(=O)[nH]3)c2)CC1. The molecule has 35 heavy (non-hydrogen) atoms. The first-order valence-corrected chi connectivity index (χ1v) is 13.6. The highest BCUT2D eigenvalue weighted by atomic mass is 32.2. The number of aromatic amines is 1. The number of sulfonamides is 1. The summed E-state index contributed by atoms with van der Waals surface area (Å²) >= 11 is 0. The summed E-state index contributed by atoms with van der Waals surface area (Å²) in [7, 11) is -4.01. The molecule has 0 bridgehead atoms. The van der Waals surface area contributed by atoms with E-state index in [9.17, 15) is 18.0 Å². The first kappa shape index (κ1) is 24.9. The Balaban J connectivity index is 1.39. The predicted molar refractivity (Wildman–Crippen MR) is 136 cm³/mol. The zero-order valence-corrected chi connectivity index (χ0v) is 21.0. The molecule has 2 aromatic carbocycles. The molecule has 0 saturated heterocycles. The van der Waals surface area contributed by atoms with Crippen LogP contribution < -0.4 is 15.6 Å². The van der Waals surface area contributed by atoms with E-state index >= 15 is 0 Å². The second-order valence-electron chi connectivity index (χ2n) is 9.39. The van der Waals surface area contributed by atoms with Gasteiger partial charge >= 0.3 is 6.03 Å². The Kier molecular flexibility index (Phi) is 7.54. The maximum absolute atomic E-state index is 12.8. The first-order chi connectivity index (χ1) is 16.7. The van der Waals surface area contributed by atoms with Crippen molar-refractivity contribution in [1.82, 2.24) is 20.0 Å². The van der Waals surface area contributed by atoms with Crippen molar-refractivity contribution in [2.75, 3.05) is 0 Å². The van der Waals surface area contributed by atoms with Crippen molar-refractivity contribution in [2.24, 2.45) is 5.92 Å². The summed E-state index contributed by atoms with van der Waals surface area (Å²) in [6.45, 7) is 4.11. The number of benzene rings is 2. The van der Waals surface area contributed by atoms with Gasteiger partial charge in [0.15, 0.2) is 0 Å². The Bertz CT molecular complexity index is 1380. The fraction of sp³-hybridized carbons (Fsp3) is 0.423. The number of H-pyrrole nitrogens is 1. The number of urea groups is 1. The molecule has 3 N–H and O–H groups in total. The number of carbonyl (C=O) groups excluding carboxylic acids is 1. The molecule has 4 rings (SSSR count). The second kappa shape index (κ2) is 10.6. The molecule has 1 fully saturated rings. The van der Waals surface area contributed by atoms with Gasteiger partial charge in [-0.3, -0.25) is 4.79 Å². The molecule has 3 aromatic rings. The van der Waals surface area contributed by atoms with Crippen LogP contribution in [0.15, 0.2) is 52.2 Å². The summed E-state index contributed by atoms with van der Waals surface area (Å²) in [5.41, 5.74) is 2.22. The van der Waals surface area contributed by atoms with Crippen molar-refractivity contribution in [2.45, 2.75) is 69.7 Å². The molecule has 1 saturated carbocycles. The van der Waals surface area contributed by atoms with Crippen LogP contribution >= 0.6 is 0 Å². The van der Waals surface area contributed by atoms with Crippen molar-refractivity contribution in [1.29, 1.82) is 0 Å². The lowest BCUT2D eigenvalue weighted by Gasteiger charge is -2.28.